The van der Waals surface area contributed by atoms with Crippen LogP contribution in [-0.2, 0) is 23.8 Å². The van der Waals surface area contributed by atoms with Crippen molar-refractivity contribution in [2.75, 3.05) is 26.2 Å². The number of carbonyl (C=O) groups is 3. The van der Waals surface area contributed by atoms with Crippen LogP contribution in [0.15, 0.2) is 24.3 Å². The fourth-order valence-electron chi connectivity index (χ4n) is 2.24. The monoisotopic (exact) mass is 293 g/mol. The Balaban J connectivity index is 2.54. The van der Waals surface area contributed by atoms with Gasteiger partial charge in [-0.2, -0.15) is 0 Å². The van der Waals surface area contributed by atoms with Crippen molar-refractivity contribution in [3.63, 3.8) is 0 Å². The topological polar surface area (TPSA) is 82.1 Å². The fourth-order valence-corrected chi connectivity index (χ4v) is 2.24. The number of benzene rings is 1. The summed E-state index contributed by atoms with van der Waals surface area (Å²) in [6.07, 6.45) is -0.466. The molecule has 1 aliphatic heterocycles. The minimum atomic E-state index is -1.87. The fraction of sp³-hybridized carbons (Fsp3) is 0.357. The van der Waals surface area contributed by atoms with E-state index in [0.29, 0.717) is 11.3 Å². The average molecular weight is 293 g/mol. The van der Waals surface area contributed by atoms with Crippen LogP contribution in [0.5, 0.6) is 0 Å². The highest BCUT2D eigenvalue weighted by molar-refractivity contribution is 6.03. The first-order valence-electron chi connectivity index (χ1n) is 6.17. The third kappa shape index (κ3) is 2.31. The largest absolute Gasteiger partial charge is 0.469 e. The normalized spacial score (nSPS) is 20.3. The van der Waals surface area contributed by atoms with E-state index in [2.05, 4.69) is 4.74 Å². The van der Waals surface area contributed by atoms with Crippen molar-refractivity contribution in [1.29, 1.82) is 0 Å². The molecule has 0 radical (unpaired) electrons. The van der Waals surface area contributed by atoms with Crippen molar-refractivity contribution in [2.45, 2.75) is 12.1 Å². The van der Waals surface area contributed by atoms with Crippen LogP contribution in [0.3, 0.4) is 0 Å². The maximum Gasteiger partial charge on any atom is 0.373 e. The van der Waals surface area contributed by atoms with Crippen LogP contribution in [0.4, 0.5) is 5.69 Å². The highest BCUT2D eigenvalue weighted by Crippen LogP contribution is 2.36. The van der Waals surface area contributed by atoms with Crippen LogP contribution in [0.1, 0.15) is 16.8 Å². The molecule has 7 nitrogen and oxygen atoms in total. The summed E-state index contributed by atoms with van der Waals surface area (Å²) in [7, 11) is 3.89. The van der Waals surface area contributed by atoms with Gasteiger partial charge in [-0.3, -0.25) is 4.79 Å². The Labute approximate surface area is 121 Å². The van der Waals surface area contributed by atoms with E-state index < -0.39 is 30.1 Å². The maximum absolute atomic E-state index is 12.2. The summed E-state index contributed by atoms with van der Waals surface area (Å²) < 4.78 is 14.5. The first-order valence-corrected chi connectivity index (χ1v) is 6.17. The number of methoxy groups -OCH3 is 2. The number of hydrogen-bond acceptors (Lipinski definition) is 7. The van der Waals surface area contributed by atoms with Gasteiger partial charge >= 0.3 is 17.9 Å². The number of likely N-dealkylation sites (N-methyl/N-ethyl adjacent to an activating group) is 1. The number of fused-ring (bicyclic) bond motifs is 1. The van der Waals surface area contributed by atoms with E-state index in [0.717, 1.165) is 7.11 Å². The Morgan fingerprint density at radius 2 is 1.90 bits per heavy atom. The molecule has 1 atom stereocenters. The molecule has 0 spiro atoms. The lowest BCUT2D eigenvalue weighted by Gasteiger charge is -2.42. The second-order valence-electron chi connectivity index (χ2n) is 4.49. The number of ether oxygens (including phenoxy) is 3. The van der Waals surface area contributed by atoms with Crippen molar-refractivity contribution in [1.82, 2.24) is 0 Å². The van der Waals surface area contributed by atoms with E-state index in [1.54, 1.807) is 31.3 Å². The van der Waals surface area contributed by atoms with Gasteiger partial charge in [0.25, 0.3) is 5.72 Å². The van der Waals surface area contributed by atoms with E-state index in [1.807, 2.05) is 0 Å². The predicted octanol–water partition coefficient (Wildman–Crippen LogP) is 0.726. The number of para-hydroxylation sites is 1. The molecule has 0 saturated carbocycles. The molecule has 0 bridgehead atoms. The van der Waals surface area contributed by atoms with Gasteiger partial charge in [0.05, 0.1) is 25.5 Å². The average Bonchev–Trinajstić information content (AvgIpc) is 2.51. The second-order valence-corrected chi connectivity index (χ2v) is 4.49. The van der Waals surface area contributed by atoms with E-state index >= 15 is 0 Å². The lowest BCUT2D eigenvalue weighted by Crippen LogP contribution is -2.60. The van der Waals surface area contributed by atoms with Crippen molar-refractivity contribution in [3.8, 4) is 0 Å². The molecular weight excluding hydrogens is 278 g/mol. The summed E-state index contributed by atoms with van der Waals surface area (Å²) in [5.74, 6) is -2.24. The Morgan fingerprint density at radius 1 is 1.24 bits per heavy atom. The number of esters is 3. The first-order chi connectivity index (χ1) is 9.96. The van der Waals surface area contributed by atoms with E-state index in [9.17, 15) is 14.4 Å². The molecule has 0 saturated heterocycles. The molecule has 0 fully saturated rings. The van der Waals surface area contributed by atoms with E-state index in [1.165, 1.54) is 12.0 Å². The van der Waals surface area contributed by atoms with Gasteiger partial charge < -0.3 is 19.1 Å². The molecule has 0 unspecified atom stereocenters. The minimum Gasteiger partial charge on any atom is -0.469 e. The number of anilines is 1. The maximum atomic E-state index is 12.2. The zero-order valence-electron chi connectivity index (χ0n) is 11.9. The number of carbonyl (C=O) groups excluding carboxylic acids is 3. The van der Waals surface area contributed by atoms with Gasteiger partial charge in [0.2, 0.25) is 0 Å². The zero-order valence-corrected chi connectivity index (χ0v) is 11.9. The zero-order chi connectivity index (χ0) is 15.6. The molecule has 1 aromatic carbocycles. The Kier molecular flexibility index (Phi) is 3.84. The summed E-state index contributed by atoms with van der Waals surface area (Å²) in [4.78, 5) is 37.3. The van der Waals surface area contributed by atoms with Crippen LogP contribution in [0, 0.1) is 0 Å². The van der Waals surface area contributed by atoms with Gasteiger partial charge in [-0.1, -0.05) is 12.1 Å². The molecular formula is C14H15NO6. The SMILES string of the molecule is COC(=O)C[C@]1(C(=O)OC)OC(=O)c2ccccc2N1C. The molecule has 1 aliphatic rings. The summed E-state index contributed by atoms with van der Waals surface area (Å²) in [5.41, 5.74) is -1.08. The van der Waals surface area contributed by atoms with Crippen LogP contribution in [0.2, 0.25) is 0 Å². The number of hydrogen-bond donors (Lipinski definition) is 0. The van der Waals surface area contributed by atoms with Gasteiger partial charge in [-0.05, 0) is 12.1 Å². The summed E-state index contributed by atoms with van der Waals surface area (Å²) >= 11 is 0. The van der Waals surface area contributed by atoms with Gasteiger partial charge in [-0.15, -0.1) is 0 Å². The Morgan fingerprint density at radius 3 is 2.52 bits per heavy atom. The van der Waals surface area contributed by atoms with Gasteiger partial charge in [-0.25, -0.2) is 9.59 Å². The van der Waals surface area contributed by atoms with Crippen LogP contribution >= 0.6 is 0 Å². The first kappa shape index (κ1) is 14.8. The standard InChI is InChI=1S/C14H15NO6/c1-15-10-7-5-4-6-9(10)12(17)21-14(15,13(18)20-3)8-11(16)19-2/h4-7H,8H2,1-3H3/t14-/m1/s1. The van der Waals surface area contributed by atoms with Gasteiger partial charge in [0, 0.05) is 7.05 Å². The molecule has 0 aliphatic carbocycles. The van der Waals surface area contributed by atoms with Crippen LogP contribution < -0.4 is 4.90 Å². The van der Waals surface area contributed by atoms with Crippen molar-refractivity contribution in [2.24, 2.45) is 0 Å². The summed E-state index contributed by atoms with van der Waals surface area (Å²) in [6, 6.07) is 6.63. The Hall–Kier alpha value is -2.57. The van der Waals surface area contributed by atoms with Crippen molar-refractivity contribution in [3.05, 3.63) is 29.8 Å². The van der Waals surface area contributed by atoms with E-state index in [-0.39, 0.29) is 0 Å². The number of rotatable bonds is 3. The number of cyclic esters (lactones) is 1. The molecule has 112 valence electrons. The number of nitrogens with zero attached hydrogens (tertiary/aromatic N) is 1. The van der Waals surface area contributed by atoms with Crippen LogP contribution in [-0.4, -0.2) is 44.9 Å². The smallest absolute Gasteiger partial charge is 0.373 e. The van der Waals surface area contributed by atoms with Gasteiger partial charge in [0.1, 0.15) is 6.42 Å². The predicted molar refractivity (Wildman–Crippen MR) is 71.6 cm³/mol. The third-order valence-electron chi connectivity index (χ3n) is 3.40. The highest BCUT2D eigenvalue weighted by Gasteiger charge is 2.53. The molecule has 0 N–H and O–H groups in total. The molecule has 1 aromatic rings. The molecule has 7 heteroatoms. The Bertz CT molecular complexity index is 599. The van der Waals surface area contributed by atoms with Crippen LogP contribution in [0.25, 0.3) is 0 Å². The lowest BCUT2D eigenvalue weighted by atomic mass is 10.0. The lowest BCUT2D eigenvalue weighted by molar-refractivity contribution is -0.170. The van der Waals surface area contributed by atoms with E-state index in [4.69, 9.17) is 9.47 Å². The summed E-state index contributed by atoms with van der Waals surface area (Å²) in [6.45, 7) is 0. The second kappa shape index (κ2) is 5.43. The molecule has 2 rings (SSSR count). The molecule has 0 amide bonds. The molecule has 0 aromatic heterocycles. The summed E-state index contributed by atoms with van der Waals surface area (Å²) in [5, 5.41) is 0. The molecule has 21 heavy (non-hydrogen) atoms. The van der Waals surface area contributed by atoms with Crippen molar-refractivity contribution >= 4 is 23.6 Å². The van der Waals surface area contributed by atoms with Crippen molar-refractivity contribution < 1.29 is 28.6 Å². The van der Waals surface area contributed by atoms with Gasteiger partial charge in [0.15, 0.2) is 0 Å². The quantitative estimate of drug-likeness (QED) is 0.600. The third-order valence-corrected chi connectivity index (χ3v) is 3.40. The minimum absolute atomic E-state index is 0.310. The molecule has 1 heterocycles. The highest BCUT2D eigenvalue weighted by atomic mass is 16.6.